The van der Waals surface area contributed by atoms with Crippen LogP contribution in [0.2, 0.25) is 0 Å². The third kappa shape index (κ3) is 4.49. The van der Waals surface area contributed by atoms with E-state index in [9.17, 15) is 0 Å². The maximum atomic E-state index is 5.14. The third-order valence-electron chi connectivity index (χ3n) is 6.16. The smallest absolute Gasteiger partial charge is 0.172 e. The summed E-state index contributed by atoms with van der Waals surface area (Å²) in [4.78, 5) is 26.5. The maximum absolute atomic E-state index is 5.14. The molecule has 2 fully saturated rings. The van der Waals surface area contributed by atoms with Gasteiger partial charge in [0.25, 0.3) is 0 Å². The zero-order chi connectivity index (χ0) is 21.3. The minimum absolute atomic E-state index is 0.912. The fourth-order valence-electron chi connectivity index (χ4n) is 3.84. The van der Waals surface area contributed by atoms with E-state index in [1.165, 1.54) is 0 Å². The van der Waals surface area contributed by atoms with E-state index in [1.807, 2.05) is 32.0 Å². The first-order valence-corrected chi connectivity index (χ1v) is 10.8. The van der Waals surface area contributed by atoms with E-state index in [0.29, 0.717) is 0 Å². The summed E-state index contributed by atoms with van der Waals surface area (Å²) >= 11 is 0. The summed E-state index contributed by atoms with van der Waals surface area (Å²) in [6.45, 7) is 10.2. The van der Waals surface area contributed by atoms with Crippen LogP contribution < -0.4 is 9.80 Å². The lowest BCUT2D eigenvalue weighted by Crippen LogP contribution is -2.48. The number of anilines is 2. The van der Waals surface area contributed by atoms with Crippen LogP contribution in [0.3, 0.4) is 0 Å². The molecule has 0 radical (unpaired) electrons. The number of hydrogen-bond donors (Lipinski definition) is 0. The van der Waals surface area contributed by atoms with Gasteiger partial charge in [0, 0.05) is 66.5 Å². The lowest BCUT2D eigenvalue weighted by Gasteiger charge is -2.38. The molecule has 2 saturated heterocycles. The molecule has 1 aromatic heterocycles. The van der Waals surface area contributed by atoms with Crippen molar-refractivity contribution < 1.29 is 0 Å². The van der Waals surface area contributed by atoms with Gasteiger partial charge in [0.1, 0.15) is 5.84 Å². The van der Waals surface area contributed by atoms with Gasteiger partial charge in [-0.25, -0.2) is 15.0 Å². The molecule has 0 saturated carbocycles. The Morgan fingerprint density at radius 1 is 0.800 bits per heavy atom. The molecule has 0 spiro atoms. The highest BCUT2D eigenvalue weighted by atomic mass is 15.3. The first-order valence-electron chi connectivity index (χ1n) is 10.8. The van der Waals surface area contributed by atoms with Crippen LogP contribution in [0, 0.1) is 0 Å². The van der Waals surface area contributed by atoms with Crippen molar-refractivity contribution in [2.75, 3.05) is 90.3 Å². The van der Waals surface area contributed by atoms with Crippen molar-refractivity contribution in [2.45, 2.75) is 6.92 Å². The number of aliphatic imine (C=N–C) groups is 1. The standard InChI is InChI=1S/C22H34N8/c1-17(26(2)3)23-18-6-7-19-20(16-18)25-22(30-14-10-28(5)11-15-30)21(24-19)29-12-8-27(4)9-13-29/h6-7,16H,8-15H2,1-5H3. The summed E-state index contributed by atoms with van der Waals surface area (Å²) < 4.78 is 0. The van der Waals surface area contributed by atoms with Gasteiger partial charge in [-0.3, -0.25) is 0 Å². The largest absolute Gasteiger partial charge is 0.366 e. The Morgan fingerprint density at radius 3 is 1.80 bits per heavy atom. The predicted octanol–water partition coefficient (Wildman–Crippen LogP) is 1.74. The van der Waals surface area contributed by atoms with Crippen LogP contribution in [0.4, 0.5) is 17.3 Å². The predicted molar refractivity (Wildman–Crippen MR) is 125 cm³/mol. The maximum Gasteiger partial charge on any atom is 0.172 e. The number of aromatic nitrogens is 2. The molecule has 0 unspecified atom stereocenters. The molecule has 8 nitrogen and oxygen atoms in total. The summed E-state index contributed by atoms with van der Waals surface area (Å²) in [5, 5.41) is 0. The Hall–Kier alpha value is -2.45. The molecule has 2 aliphatic heterocycles. The van der Waals surface area contributed by atoms with Crippen molar-refractivity contribution in [2.24, 2.45) is 4.99 Å². The van der Waals surface area contributed by atoms with E-state index in [4.69, 9.17) is 15.0 Å². The van der Waals surface area contributed by atoms with E-state index in [-0.39, 0.29) is 0 Å². The first kappa shape index (κ1) is 20.8. The molecule has 3 heterocycles. The van der Waals surface area contributed by atoms with Gasteiger partial charge in [0.2, 0.25) is 0 Å². The fraction of sp³-hybridized carbons (Fsp3) is 0.591. The Labute approximate surface area is 179 Å². The van der Waals surface area contributed by atoms with Crippen LogP contribution in [-0.4, -0.2) is 111 Å². The number of benzene rings is 1. The Kier molecular flexibility index (Phi) is 6.06. The molecule has 0 aliphatic carbocycles. The van der Waals surface area contributed by atoms with Crippen LogP contribution in [0.25, 0.3) is 11.0 Å². The number of amidine groups is 1. The van der Waals surface area contributed by atoms with Gasteiger partial charge in [-0.1, -0.05) is 0 Å². The van der Waals surface area contributed by atoms with Crippen LogP contribution in [0.15, 0.2) is 23.2 Å². The van der Waals surface area contributed by atoms with Crippen molar-refractivity contribution >= 4 is 34.2 Å². The molecule has 8 heteroatoms. The monoisotopic (exact) mass is 410 g/mol. The molecule has 0 amide bonds. The average molecular weight is 411 g/mol. The Balaban J connectivity index is 1.74. The molecule has 162 valence electrons. The quantitative estimate of drug-likeness (QED) is 0.564. The van der Waals surface area contributed by atoms with Gasteiger partial charge in [-0.05, 0) is 39.2 Å². The lowest BCUT2D eigenvalue weighted by molar-refractivity contribution is 0.308. The minimum Gasteiger partial charge on any atom is -0.366 e. The summed E-state index contributed by atoms with van der Waals surface area (Å²) in [6.07, 6.45) is 0. The summed E-state index contributed by atoms with van der Waals surface area (Å²) in [5.41, 5.74) is 2.76. The van der Waals surface area contributed by atoms with Crippen LogP contribution in [0.1, 0.15) is 6.92 Å². The second-order valence-corrected chi connectivity index (χ2v) is 8.68. The van der Waals surface area contributed by atoms with Crippen molar-refractivity contribution in [3.05, 3.63) is 18.2 Å². The topological polar surface area (TPSA) is 54.3 Å². The van der Waals surface area contributed by atoms with Gasteiger partial charge in [0.15, 0.2) is 11.6 Å². The van der Waals surface area contributed by atoms with Gasteiger partial charge < -0.3 is 24.5 Å². The molecule has 2 aliphatic rings. The highest BCUT2D eigenvalue weighted by Gasteiger charge is 2.25. The van der Waals surface area contributed by atoms with Crippen molar-refractivity contribution in [3.8, 4) is 0 Å². The number of likely N-dealkylation sites (N-methyl/N-ethyl adjacent to an activating group) is 2. The molecule has 0 atom stereocenters. The van der Waals surface area contributed by atoms with Gasteiger partial charge in [0.05, 0.1) is 16.7 Å². The Morgan fingerprint density at radius 2 is 1.30 bits per heavy atom. The molecular weight excluding hydrogens is 376 g/mol. The summed E-state index contributed by atoms with van der Waals surface area (Å²) in [7, 11) is 8.38. The SMILES string of the molecule is CC(=Nc1ccc2nc(N3CCN(C)CC3)c(N3CCN(C)CC3)nc2c1)N(C)C. The van der Waals surface area contributed by atoms with E-state index >= 15 is 0 Å². The van der Waals surface area contributed by atoms with E-state index in [2.05, 4.69) is 45.8 Å². The van der Waals surface area contributed by atoms with Gasteiger partial charge in [-0.2, -0.15) is 0 Å². The number of piperazine rings is 2. The molecule has 2 aromatic rings. The number of rotatable bonds is 3. The highest BCUT2D eigenvalue weighted by molar-refractivity contribution is 5.86. The second kappa shape index (κ2) is 8.73. The van der Waals surface area contributed by atoms with Crippen molar-refractivity contribution in [1.82, 2.24) is 24.7 Å². The highest BCUT2D eigenvalue weighted by Crippen LogP contribution is 2.31. The van der Waals surface area contributed by atoms with E-state index in [1.54, 1.807) is 0 Å². The second-order valence-electron chi connectivity index (χ2n) is 8.68. The lowest BCUT2D eigenvalue weighted by atomic mass is 10.2. The van der Waals surface area contributed by atoms with Crippen molar-refractivity contribution in [3.63, 3.8) is 0 Å². The number of hydrogen-bond acceptors (Lipinski definition) is 7. The number of nitrogens with zero attached hydrogens (tertiary/aromatic N) is 8. The molecule has 1 aromatic carbocycles. The first-order chi connectivity index (χ1) is 14.4. The van der Waals surface area contributed by atoms with E-state index < -0.39 is 0 Å². The van der Waals surface area contributed by atoms with E-state index in [0.717, 1.165) is 86.6 Å². The van der Waals surface area contributed by atoms with Crippen LogP contribution in [0.5, 0.6) is 0 Å². The molecule has 0 N–H and O–H groups in total. The zero-order valence-electron chi connectivity index (χ0n) is 19.0. The normalized spacial score (nSPS) is 19.6. The fourth-order valence-corrected chi connectivity index (χ4v) is 3.84. The molecule has 30 heavy (non-hydrogen) atoms. The summed E-state index contributed by atoms with van der Waals surface area (Å²) in [6, 6.07) is 6.15. The van der Waals surface area contributed by atoms with Gasteiger partial charge in [-0.15, -0.1) is 0 Å². The minimum atomic E-state index is 0.912. The van der Waals surface area contributed by atoms with Crippen LogP contribution in [-0.2, 0) is 0 Å². The zero-order valence-corrected chi connectivity index (χ0v) is 19.0. The third-order valence-corrected chi connectivity index (χ3v) is 6.16. The Bertz CT molecular complexity index is 909. The number of fused-ring (bicyclic) bond motifs is 1. The van der Waals surface area contributed by atoms with Crippen molar-refractivity contribution in [1.29, 1.82) is 0 Å². The van der Waals surface area contributed by atoms with Crippen LogP contribution >= 0.6 is 0 Å². The van der Waals surface area contributed by atoms with Gasteiger partial charge >= 0.3 is 0 Å². The molecule has 0 bridgehead atoms. The molecular formula is C22H34N8. The average Bonchev–Trinajstić information content (AvgIpc) is 2.74. The summed E-state index contributed by atoms with van der Waals surface area (Å²) in [5.74, 6) is 3.02. The molecule has 4 rings (SSSR count).